The van der Waals surface area contributed by atoms with Crippen LogP contribution in [-0.2, 0) is 0 Å². The van der Waals surface area contributed by atoms with Gasteiger partial charge in [0, 0.05) is 6.07 Å². The van der Waals surface area contributed by atoms with Gasteiger partial charge >= 0.3 is 17.6 Å². The van der Waals surface area contributed by atoms with Crippen LogP contribution in [0.3, 0.4) is 0 Å². The molecule has 2 heterocycles. The van der Waals surface area contributed by atoms with Gasteiger partial charge in [-0.05, 0) is 12.1 Å². The SMILES string of the molecule is O=c1[nH]c2nc[nH]c2c(=O)n1Oc1cccc(OC(F)(F)F)c1. The first-order valence-electron chi connectivity index (χ1n) is 6.06. The smallest absolute Gasteiger partial charge is 0.406 e. The fourth-order valence-electron chi connectivity index (χ4n) is 1.81. The number of alkyl halides is 3. The maximum atomic E-state index is 12.2. The van der Waals surface area contributed by atoms with Gasteiger partial charge in [0.2, 0.25) is 0 Å². The third-order valence-corrected chi connectivity index (χ3v) is 2.68. The molecule has 1 aromatic carbocycles. The van der Waals surface area contributed by atoms with Crippen LogP contribution < -0.4 is 20.8 Å². The van der Waals surface area contributed by atoms with Crippen molar-refractivity contribution in [1.82, 2.24) is 19.7 Å². The Morgan fingerprint density at radius 2 is 1.91 bits per heavy atom. The largest absolute Gasteiger partial charge is 0.573 e. The molecule has 23 heavy (non-hydrogen) atoms. The molecule has 0 aliphatic heterocycles. The Labute approximate surface area is 124 Å². The number of nitrogens with one attached hydrogen (secondary N) is 2. The van der Waals surface area contributed by atoms with Crippen LogP contribution in [0.25, 0.3) is 11.2 Å². The van der Waals surface area contributed by atoms with E-state index in [2.05, 4.69) is 19.7 Å². The molecule has 11 heteroatoms. The summed E-state index contributed by atoms with van der Waals surface area (Å²) in [6.07, 6.45) is -3.67. The first kappa shape index (κ1) is 14.7. The standard InChI is InChI=1S/C12H7F3N4O4/c13-12(14,15)22-6-2-1-3-7(4-6)23-19-10(20)8-9(17-5-16-8)18-11(19)21/h1-5H,(H,16,17)(H,18,21). The van der Waals surface area contributed by atoms with Gasteiger partial charge < -0.3 is 14.6 Å². The van der Waals surface area contributed by atoms with Crippen molar-refractivity contribution in [1.29, 1.82) is 0 Å². The van der Waals surface area contributed by atoms with Crippen molar-refractivity contribution >= 4 is 11.2 Å². The van der Waals surface area contributed by atoms with Crippen molar-refractivity contribution in [3.8, 4) is 11.5 Å². The average Bonchev–Trinajstić information content (AvgIpc) is 2.90. The molecule has 0 radical (unpaired) electrons. The number of hydrogen-bond donors (Lipinski definition) is 2. The predicted molar refractivity (Wildman–Crippen MR) is 70.1 cm³/mol. The summed E-state index contributed by atoms with van der Waals surface area (Å²) in [6, 6.07) is 4.40. The summed E-state index contributed by atoms with van der Waals surface area (Å²) >= 11 is 0. The second-order valence-corrected chi connectivity index (χ2v) is 4.27. The molecule has 0 spiro atoms. The fraction of sp³-hybridized carbons (Fsp3) is 0.0833. The van der Waals surface area contributed by atoms with E-state index in [0.29, 0.717) is 4.73 Å². The topological polar surface area (TPSA) is 102 Å². The van der Waals surface area contributed by atoms with Gasteiger partial charge in [-0.1, -0.05) is 10.8 Å². The molecule has 0 aliphatic rings. The van der Waals surface area contributed by atoms with E-state index in [1.807, 2.05) is 0 Å². The van der Waals surface area contributed by atoms with E-state index in [9.17, 15) is 22.8 Å². The predicted octanol–water partition coefficient (Wildman–Crippen LogP) is 1.15. The number of hydrogen-bond acceptors (Lipinski definition) is 5. The van der Waals surface area contributed by atoms with E-state index in [1.54, 1.807) is 0 Å². The molecule has 0 fully saturated rings. The number of benzene rings is 1. The van der Waals surface area contributed by atoms with Gasteiger partial charge in [-0.2, -0.15) is 0 Å². The van der Waals surface area contributed by atoms with Crippen LogP contribution >= 0.6 is 0 Å². The van der Waals surface area contributed by atoms with Crippen molar-refractivity contribution < 1.29 is 22.7 Å². The zero-order valence-corrected chi connectivity index (χ0v) is 11.0. The van der Waals surface area contributed by atoms with Gasteiger partial charge in [-0.3, -0.25) is 9.78 Å². The number of rotatable bonds is 3. The molecule has 0 amide bonds. The number of halogens is 3. The van der Waals surface area contributed by atoms with Gasteiger partial charge in [0.05, 0.1) is 6.33 Å². The van der Waals surface area contributed by atoms with Crippen LogP contribution in [0.4, 0.5) is 13.2 Å². The average molecular weight is 328 g/mol. The Kier molecular flexibility index (Phi) is 3.32. The highest BCUT2D eigenvalue weighted by Gasteiger charge is 2.31. The normalized spacial score (nSPS) is 11.6. The van der Waals surface area contributed by atoms with Crippen molar-refractivity contribution in [3.63, 3.8) is 0 Å². The monoisotopic (exact) mass is 328 g/mol. The highest BCUT2D eigenvalue weighted by molar-refractivity contribution is 5.67. The number of H-pyrrole nitrogens is 2. The Hall–Kier alpha value is -3.24. The highest BCUT2D eigenvalue weighted by atomic mass is 19.4. The third kappa shape index (κ3) is 3.02. The molecule has 0 saturated carbocycles. The van der Waals surface area contributed by atoms with E-state index < -0.39 is 23.4 Å². The summed E-state index contributed by atoms with van der Waals surface area (Å²) in [5.74, 6) is -0.750. The molecule has 120 valence electrons. The van der Waals surface area contributed by atoms with Crippen molar-refractivity contribution in [2.45, 2.75) is 6.36 Å². The molecule has 0 unspecified atom stereocenters. The van der Waals surface area contributed by atoms with E-state index in [0.717, 1.165) is 12.1 Å². The summed E-state index contributed by atoms with van der Waals surface area (Å²) in [6.45, 7) is 0. The number of fused-ring (bicyclic) bond motifs is 1. The number of aromatic nitrogens is 4. The zero-order chi connectivity index (χ0) is 16.6. The van der Waals surface area contributed by atoms with Gasteiger partial charge in [-0.25, -0.2) is 9.78 Å². The van der Waals surface area contributed by atoms with Crippen LogP contribution in [0.15, 0.2) is 40.2 Å². The first-order valence-corrected chi connectivity index (χ1v) is 6.06. The van der Waals surface area contributed by atoms with Crippen LogP contribution in [0.2, 0.25) is 0 Å². The molecule has 3 aromatic rings. The zero-order valence-electron chi connectivity index (χ0n) is 11.0. The number of nitrogens with zero attached hydrogens (tertiary/aromatic N) is 2. The van der Waals surface area contributed by atoms with Crippen LogP contribution in [-0.4, -0.2) is 26.0 Å². The molecule has 0 saturated heterocycles. The maximum Gasteiger partial charge on any atom is 0.573 e. The maximum absolute atomic E-state index is 12.2. The lowest BCUT2D eigenvalue weighted by atomic mass is 10.3. The summed E-state index contributed by atoms with van der Waals surface area (Å²) < 4.78 is 40.6. The van der Waals surface area contributed by atoms with Crippen LogP contribution in [0, 0.1) is 0 Å². The Morgan fingerprint density at radius 3 is 2.65 bits per heavy atom. The first-order chi connectivity index (χ1) is 10.8. The lowest BCUT2D eigenvalue weighted by Gasteiger charge is -2.10. The van der Waals surface area contributed by atoms with Crippen LogP contribution in [0.1, 0.15) is 0 Å². The fourth-order valence-corrected chi connectivity index (χ4v) is 1.81. The lowest BCUT2D eigenvalue weighted by Crippen LogP contribution is -2.38. The highest BCUT2D eigenvalue weighted by Crippen LogP contribution is 2.25. The molecular weight excluding hydrogens is 321 g/mol. The van der Waals surface area contributed by atoms with Crippen molar-refractivity contribution in [3.05, 3.63) is 51.4 Å². The Bertz CT molecular complexity index is 973. The number of aromatic amines is 2. The minimum Gasteiger partial charge on any atom is -0.406 e. The van der Waals surface area contributed by atoms with Gasteiger partial charge in [0.15, 0.2) is 16.9 Å². The number of ether oxygens (including phenoxy) is 1. The second kappa shape index (κ2) is 5.19. The Balaban J connectivity index is 1.98. The van der Waals surface area contributed by atoms with Gasteiger partial charge in [0.25, 0.3) is 0 Å². The second-order valence-electron chi connectivity index (χ2n) is 4.27. The molecule has 0 bridgehead atoms. The van der Waals surface area contributed by atoms with E-state index in [1.165, 1.54) is 18.5 Å². The van der Waals surface area contributed by atoms with Crippen molar-refractivity contribution in [2.24, 2.45) is 0 Å². The molecule has 0 aliphatic carbocycles. The van der Waals surface area contributed by atoms with Gasteiger partial charge in [0.1, 0.15) is 5.75 Å². The third-order valence-electron chi connectivity index (χ3n) is 2.68. The van der Waals surface area contributed by atoms with E-state index in [4.69, 9.17) is 4.84 Å². The van der Waals surface area contributed by atoms with Crippen molar-refractivity contribution in [2.75, 3.05) is 0 Å². The molecular formula is C12H7F3N4O4. The minimum atomic E-state index is -4.87. The summed E-state index contributed by atoms with van der Waals surface area (Å²) in [5.41, 5.74) is -1.76. The molecule has 2 aromatic heterocycles. The summed E-state index contributed by atoms with van der Waals surface area (Å²) in [5, 5.41) is 0. The van der Waals surface area contributed by atoms with Gasteiger partial charge in [-0.15, -0.1) is 13.2 Å². The number of imidazole rings is 1. The quantitative estimate of drug-likeness (QED) is 0.751. The molecule has 3 rings (SSSR count). The lowest BCUT2D eigenvalue weighted by molar-refractivity contribution is -0.274. The molecule has 2 N–H and O–H groups in total. The summed E-state index contributed by atoms with van der Waals surface area (Å²) in [4.78, 5) is 37.4. The minimum absolute atomic E-state index is 0.0210. The Morgan fingerprint density at radius 1 is 1.17 bits per heavy atom. The summed E-state index contributed by atoms with van der Waals surface area (Å²) in [7, 11) is 0. The molecule has 8 nitrogen and oxygen atoms in total. The molecule has 0 atom stereocenters. The van der Waals surface area contributed by atoms with E-state index in [-0.39, 0.29) is 16.9 Å². The van der Waals surface area contributed by atoms with E-state index >= 15 is 0 Å². The van der Waals surface area contributed by atoms with Crippen LogP contribution in [0.5, 0.6) is 11.5 Å².